The predicted molar refractivity (Wildman–Crippen MR) is 85.2 cm³/mol. The zero-order chi connectivity index (χ0) is 18.0. The van der Waals surface area contributed by atoms with E-state index in [-0.39, 0.29) is 17.4 Å². The van der Waals surface area contributed by atoms with E-state index in [1.54, 1.807) is 0 Å². The van der Waals surface area contributed by atoms with Crippen LogP contribution in [0.2, 0.25) is 0 Å². The number of aromatic nitrogens is 3. The molecule has 2 aromatic heterocycles. The Bertz CT molecular complexity index is 735. The van der Waals surface area contributed by atoms with E-state index in [1.807, 2.05) is 0 Å². The molecule has 0 atom stereocenters. The van der Waals surface area contributed by atoms with Crippen molar-refractivity contribution in [2.75, 3.05) is 0 Å². The van der Waals surface area contributed by atoms with Crippen LogP contribution in [-0.4, -0.2) is 26.5 Å². The van der Waals surface area contributed by atoms with Gasteiger partial charge in [0.2, 0.25) is 0 Å². The van der Waals surface area contributed by atoms with Crippen LogP contribution >= 0.6 is 0 Å². The molecule has 0 radical (unpaired) electrons. The average molecular weight is 352 g/mol. The summed E-state index contributed by atoms with van der Waals surface area (Å²) in [6.07, 6.45) is 4.01. The molecule has 25 heavy (non-hydrogen) atoms. The third-order valence-corrected chi connectivity index (χ3v) is 4.56. The molecule has 0 spiro atoms. The first-order chi connectivity index (χ1) is 11.9. The number of carbonyl (C=O) groups is 1. The fourth-order valence-corrected chi connectivity index (χ4v) is 3.16. The zero-order valence-electron chi connectivity index (χ0n) is 13.8. The number of halogens is 3. The van der Waals surface area contributed by atoms with Crippen molar-refractivity contribution in [1.29, 1.82) is 0 Å². The largest absolute Gasteiger partial charge is 0.418 e. The number of pyridine rings is 1. The molecule has 1 N–H and O–H groups in total. The highest BCUT2D eigenvalue weighted by Gasteiger charge is 2.36. The molecular formula is C17H19F3N4O. The Balaban J connectivity index is 1.94. The summed E-state index contributed by atoms with van der Waals surface area (Å²) in [7, 11) is 0. The van der Waals surface area contributed by atoms with Crippen molar-refractivity contribution in [2.24, 2.45) is 5.92 Å². The number of rotatable bonds is 3. The Morgan fingerprint density at radius 2 is 1.96 bits per heavy atom. The van der Waals surface area contributed by atoms with E-state index in [9.17, 15) is 18.0 Å². The molecule has 3 rings (SSSR count). The van der Waals surface area contributed by atoms with Gasteiger partial charge in [-0.3, -0.25) is 4.79 Å². The number of alkyl halides is 3. The zero-order valence-corrected chi connectivity index (χ0v) is 13.8. The van der Waals surface area contributed by atoms with Gasteiger partial charge >= 0.3 is 6.18 Å². The Kier molecular flexibility index (Phi) is 4.78. The lowest BCUT2D eigenvalue weighted by molar-refractivity contribution is -0.137. The topological polar surface area (TPSA) is 59.8 Å². The van der Waals surface area contributed by atoms with Crippen LogP contribution in [0, 0.1) is 5.92 Å². The van der Waals surface area contributed by atoms with E-state index < -0.39 is 17.6 Å². The molecule has 2 heterocycles. The Morgan fingerprint density at radius 1 is 1.24 bits per heavy atom. The van der Waals surface area contributed by atoms with Gasteiger partial charge in [-0.05, 0) is 37.7 Å². The van der Waals surface area contributed by atoms with E-state index in [1.165, 1.54) is 23.3 Å². The maximum atomic E-state index is 13.4. The quantitative estimate of drug-likeness (QED) is 0.918. The summed E-state index contributed by atoms with van der Waals surface area (Å²) < 4.78 is 41.4. The molecule has 134 valence electrons. The fourth-order valence-electron chi connectivity index (χ4n) is 3.16. The highest BCUT2D eigenvalue weighted by Crippen LogP contribution is 2.35. The normalized spacial score (nSPS) is 21.1. The van der Waals surface area contributed by atoms with Crippen molar-refractivity contribution in [1.82, 2.24) is 19.9 Å². The summed E-state index contributed by atoms with van der Waals surface area (Å²) in [5.41, 5.74) is -1.46. The molecule has 1 amide bonds. The fraction of sp³-hybridized carbons (Fsp3) is 0.471. The predicted octanol–water partition coefficient (Wildman–Crippen LogP) is 3.59. The number of hydrogen-bond donors (Lipinski definition) is 1. The molecule has 0 aliphatic heterocycles. The van der Waals surface area contributed by atoms with Crippen LogP contribution in [0.3, 0.4) is 0 Å². The van der Waals surface area contributed by atoms with Gasteiger partial charge in [0.15, 0.2) is 5.69 Å². The minimum absolute atomic E-state index is 0.0318. The molecule has 2 aromatic rings. The van der Waals surface area contributed by atoms with Gasteiger partial charge in [-0.25, -0.2) is 9.97 Å². The lowest BCUT2D eigenvalue weighted by Crippen LogP contribution is -2.38. The second-order valence-electron chi connectivity index (χ2n) is 6.45. The molecule has 0 unspecified atom stereocenters. The molecule has 1 aliphatic rings. The summed E-state index contributed by atoms with van der Waals surface area (Å²) in [5, 5.41) is 2.83. The SMILES string of the molecule is CC1CCC(NC(=O)c2nccc(C(F)(F)F)c2-n2ccnc2)CC1. The van der Waals surface area contributed by atoms with Crippen molar-refractivity contribution in [3.05, 3.63) is 42.2 Å². The van der Waals surface area contributed by atoms with Crippen LogP contribution in [0.25, 0.3) is 5.69 Å². The number of imidazole rings is 1. The Labute approximate surface area is 143 Å². The van der Waals surface area contributed by atoms with Crippen LogP contribution in [-0.2, 0) is 6.18 Å². The maximum Gasteiger partial charge on any atom is 0.418 e. The molecule has 0 saturated heterocycles. The van der Waals surface area contributed by atoms with E-state index >= 15 is 0 Å². The summed E-state index contributed by atoms with van der Waals surface area (Å²) >= 11 is 0. The second kappa shape index (κ2) is 6.85. The van der Waals surface area contributed by atoms with Crippen molar-refractivity contribution >= 4 is 5.91 Å². The van der Waals surface area contributed by atoms with Crippen molar-refractivity contribution in [3.8, 4) is 5.69 Å². The first kappa shape index (κ1) is 17.4. The summed E-state index contributed by atoms with van der Waals surface area (Å²) in [6, 6.07) is 0.838. The number of carbonyl (C=O) groups excluding carboxylic acids is 1. The lowest BCUT2D eigenvalue weighted by atomic mass is 9.87. The van der Waals surface area contributed by atoms with E-state index in [0.29, 0.717) is 5.92 Å². The molecule has 0 bridgehead atoms. The monoisotopic (exact) mass is 352 g/mol. The molecule has 0 aromatic carbocycles. The standard InChI is InChI=1S/C17H19F3N4O/c1-11-2-4-12(5-3-11)23-16(25)14-15(24-9-8-21-10-24)13(6-7-22-14)17(18,19)20/h6-12H,2-5H2,1H3,(H,23,25). The van der Waals surface area contributed by atoms with E-state index in [4.69, 9.17) is 0 Å². The summed E-state index contributed by atoms with van der Waals surface area (Å²) in [6.45, 7) is 2.16. The van der Waals surface area contributed by atoms with Crippen LogP contribution in [0.5, 0.6) is 0 Å². The van der Waals surface area contributed by atoms with Gasteiger partial charge in [-0.15, -0.1) is 0 Å². The first-order valence-corrected chi connectivity index (χ1v) is 8.21. The highest BCUT2D eigenvalue weighted by atomic mass is 19.4. The van der Waals surface area contributed by atoms with Gasteiger partial charge in [-0.2, -0.15) is 13.2 Å². The van der Waals surface area contributed by atoms with Gasteiger partial charge < -0.3 is 9.88 Å². The molecule has 5 nitrogen and oxygen atoms in total. The maximum absolute atomic E-state index is 13.4. The van der Waals surface area contributed by atoms with Gasteiger partial charge in [0, 0.05) is 24.6 Å². The Morgan fingerprint density at radius 3 is 2.56 bits per heavy atom. The van der Waals surface area contributed by atoms with Crippen LogP contribution in [0.4, 0.5) is 13.2 Å². The third kappa shape index (κ3) is 3.83. The van der Waals surface area contributed by atoms with Crippen molar-refractivity contribution in [2.45, 2.75) is 44.8 Å². The molecule has 1 fully saturated rings. The first-order valence-electron chi connectivity index (χ1n) is 8.21. The molecular weight excluding hydrogens is 333 g/mol. The third-order valence-electron chi connectivity index (χ3n) is 4.56. The van der Waals surface area contributed by atoms with Gasteiger partial charge in [-0.1, -0.05) is 6.92 Å². The lowest BCUT2D eigenvalue weighted by Gasteiger charge is -2.27. The van der Waals surface area contributed by atoms with Gasteiger partial charge in [0.05, 0.1) is 17.6 Å². The van der Waals surface area contributed by atoms with Gasteiger partial charge in [0.1, 0.15) is 0 Å². The van der Waals surface area contributed by atoms with Crippen molar-refractivity contribution in [3.63, 3.8) is 0 Å². The highest BCUT2D eigenvalue weighted by molar-refractivity contribution is 5.96. The number of nitrogens with zero attached hydrogens (tertiary/aromatic N) is 3. The summed E-state index contributed by atoms with van der Waals surface area (Å²) in [5.74, 6) is 0.0238. The number of nitrogens with one attached hydrogen (secondary N) is 1. The molecule has 1 saturated carbocycles. The van der Waals surface area contributed by atoms with E-state index in [0.717, 1.165) is 37.9 Å². The molecule has 1 aliphatic carbocycles. The minimum atomic E-state index is -4.60. The van der Waals surface area contributed by atoms with Crippen LogP contribution in [0.1, 0.15) is 48.7 Å². The van der Waals surface area contributed by atoms with Crippen LogP contribution < -0.4 is 5.32 Å². The van der Waals surface area contributed by atoms with Crippen LogP contribution in [0.15, 0.2) is 31.0 Å². The smallest absolute Gasteiger partial charge is 0.348 e. The second-order valence-corrected chi connectivity index (χ2v) is 6.45. The average Bonchev–Trinajstić information content (AvgIpc) is 3.09. The number of hydrogen-bond acceptors (Lipinski definition) is 3. The van der Waals surface area contributed by atoms with E-state index in [2.05, 4.69) is 22.2 Å². The number of amides is 1. The van der Waals surface area contributed by atoms with Crippen molar-refractivity contribution < 1.29 is 18.0 Å². The van der Waals surface area contributed by atoms with Gasteiger partial charge in [0.25, 0.3) is 5.91 Å². The minimum Gasteiger partial charge on any atom is -0.348 e. The Hall–Kier alpha value is -2.38. The summed E-state index contributed by atoms with van der Waals surface area (Å²) in [4.78, 5) is 20.3. The molecule has 8 heteroatoms.